The molecule has 1 aromatic rings. The topological polar surface area (TPSA) is 78.0 Å². The monoisotopic (exact) mass is 443 g/mol. The van der Waals surface area contributed by atoms with E-state index in [1.807, 2.05) is 6.92 Å². The molecule has 1 saturated heterocycles. The molecule has 160 valence electrons. The highest BCUT2D eigenvalue weighted by molar-refractivity contribution is 7.89. The van der Waals surface area contributed by atoms with E-state index in [0.29, 0.717) is 19.0 Å². The Morgan fingerprint density at radius 3 is 2.14 bits per heavy atom. The molecule has 28 heavy (non-hydrogen) atoms. The van der Waals surface area contributed by atoms with E-state index in [1.54, 1.807) is 0 Å². The van der Waals surface area contributed by atoms with Crippen LogP contribution in [0.4, 0.5) is 13.2 Å². The van der Waals surface area contributed by atoms with Gasteiger partial charge in [-0.1, -0.05) is 19.4 Å². The number of sulfonamides is 1. The van der Waals surface area contributed by atoms with Crippen LogP contribution in [-0.4, -0.2) is 69.5 Å². The minimum atomic E-state index is -4.65. The maximum Gasteiger partial charge on any atom is 0.416 e. The molecule has 0 bridgehead atoms. The lowest BCUT2D eigenvalue weighted by Crippen LogP contribution is -2.53. The molecule has 1 heterocycles. The quantitative estimate of drug-likeness (QED) is 0.646. The van der Waals surface area contributed by atoms with E-state index in [9.17, 15) is 30.0 Å². The summed E-state index contributed by atoms with van der Waals surface area (Å²) in [5.41, 5.74) is -1.05. The Labute approximate surface area is 164 Å². The third-order valence-electron chi connectivity index (χ3n) is 4.54. The van der Waals surface area contributed by atoms with Crippen LogP contribution in [0.25, 0.3) is 0 Å². The van der Waals surface area contributed by atoms with Crippen molar-refractivity contribution in [2.75, 3.05) is 39.8 Å². The standard InChI is InChI=1S/C16H24F3N3O4S2/c1-3-4-8-20(2)28(25,26)22-11-9-21(10-12-22)27(23,24)15-7-5-6-14(13-15)16(17,18)19/h5-7,13H,3-4,8-12H2,1-2H3. The first-order valence-corrected chi connectivity index (χ1v) is 11.6. The second kappa shape index (κ2) is 8.66. The van der Waals surface area contributed by atoms with Crippen molar-refractivity contribution in [1.29, 1.82) is 0 Å². The molecule has 0 saturated carbocycles. The molecule has 0 spiro atoms. The lowest BCUT2D eigenvalue weighted by atomic mass is 10.2. The van der Waals surface area contributed by atoms with E-state index in [2.05, 4.69) is 0 Å². The summed E-state index contributed by atoms with van der Waals surface area (Å²) in [5, 5.41) is 0. The second-order valence-electron chi connectivity index (χ2n) is 6.51. The van der Waals surface area contributed by atoms with Crippen LogP contribution < -0.4 is 0 Å². The molecule has 1 aliphatic rings. The summed E-state index contributed by atoms with van der Waals surface area (Å²) in [5.74, 6) is 0. The van der Waals surface area contributed by atoms with Crippen molar-refractivity contribution in [2.45, 2.75) is 30.8 Å². The van der Waals surface area contributed by atoms with Crippen molar-refractivity contribution in [3.05, 3.63) is 29.8 Å². The number of benzene rings is 1. The Hall–Kier alpha value is -1.21. The minimum Gasteiger partial charge on any atom is -0.207 e. The molecule has 0 amide bonds. The number of hydrogen-bond acceptors (Lipinski definition) is 4. The summed E-state index contributed by atoms with van der Waals surface area (Å²) in [6.07, 6.45) is -3.11. The molecule has 0 aliphatic carbocycles. The van der Waals surface area contributed by atoms with Crippen molar-refractivity contribution in [3.8, 4) is 0 Å². The molecule has 1 aromatic carbocycles. The van der Waals surface area contributed by atoms with E-state index in [4.69, 9.17) is 0 Å². The fourth-order valence-electron chi connectivity index (χ4n) is 2.82. The Bertz CT molecular complexity index is 881. The van der Waals surface area contributed by atoms with Crippen LogP contribution in [0.5, 0.6) is 0 Å². The van der Waals surface area contributed by atoms with Crippen LogP contribution >= 0.6 is 0 Å². The number of halogens is 3. The largest absolute Gasteiger partial charge is 0.416 e. The van der Waals surface area contributed by atoms with Gasteiger partial charge in [0.1, 0.15) is 0 Å². The van der Waals surface area contributed by atoms with Crippen LogP contribution in [0.15, 0.2) is 29.2 Å². The van der Waals surface area contributed by atoms with E-state index < -0.39 is 36.9 Å². The zero-order valence-electron chi connectivity index (χ0n) is 15.7. The first kappa shape index (κ1) is 23.1. The molecule has 7 nitrogen and oxygen atoms in total. The molecule has 0 radical (unpaired) electrons. The molecule has 0 atom stereocenters. The number of alkyl halides is 3. The van der Waals surface area contributed by atoms with E-state index >= 15 is 0 Å². The normalized spacial score (nSPS) is 17.9. The number of piperazine rings is 1. The molecule has 0 N–H and O–H groups in total. The molecule has 12 heteroatoms. The van der Waals surface area contributed by atoms with Gasteiger partial charge in [-0.25, -0.2) is 8.42 Å². The predicted molar refractivity (Wildman–Crippen MR) is 98.2 cm³/mol. The molecular formula is C16H24F3N3O4S2. The van der Waals surface area contributed by atoms with Gasteiger partial charge in [-0.15, -0.1) is 0 Å². The lowest BCUT2D eigenvalue weighted by molar-refractivity contribution is -0.137. The number of nitrogens with zero attached hydrogens (tertiary/aromatic N) is 3. The van der Waals surface area contributed by atoms with Gasteiger partial charge in [0, 0.05) is 39.8 Å². The Morgan fingerprint density at radius 2 is 1.61 bits per heavy atom. The van der Waals surface area contributed by atoms with Gasteiger partial charge in [0.05, 0.1) is 10.5 Å². The molecule has 1 aliphatic heterocycles. The van der Waals surface area contributed by atoms with Crippen molar-refractivity contribution >= 4 is 20.2 Å². The molecular weight excluding hydrogens is 419 g/mol. The van der Waals surface area contributed by atoms with Gasteiger partial charge in [-0.2, -0.15) is 34.5 Å². The first-order chi connectivity index (χ1) is 12.9. The average molecular weight is 444 g/mol. The summed E-state index contributed by atoms with van der Waals surface area (Å²) < 4.78 is 92.4. The summed E-state index contributed by atoms with van der Waals surface area (Å²) >= 11 is 0. The third-order valence-corrected chi connectivity index (χ3v) is 8.43. The molecule has 0 unspecified atom stereocenters. The third kappa shape index (κ3) is 5.03. The van der Waals surface area contributed by atoms with Gasteiger partial charge in [0.2, 0.25) is 10.0 Å². The van der Waals surface area contributed by atoms with Gasteiger partial charge in [0.25, 0.3) is 10.2 Å². The van der Waals surface area contributed by atoms with Gasteiger partial charge in [0.15, 0.2) is 0 Å². The van der Waals surface area contributed by atoms with Crippen molar-refractivity contribution in [3.63, 3.8) is 0 Å². The summed E-state index contributed by atoms with van der Waals surface area (Å²) in [6, 6.07) is 3.54. The van der Waals surface area contributed by atoms with Crippen LogP contribution in [0.3, 0.4) is 0 Å². The highest BCUT2D eigenvalue weighted by Crippen LogP contribution is 2.31. The van der Waals surface area contributed by atoms with E-state index in [1.165, 1.54) is 15.7 Å². The fourth-order valence-corrected chi connectivity index (χ4v) is 5.66. The van der Waals surface area contributed by atoms with Gasteiger partial charge in [-0.05, 0) is 24.6 Å². The van der Waals surface area contributed by atoms with Gasteiger partial charge in [-0.3, -0.25) is 0 Å². The maximum absolute atomic E-state index is 12.9. The van der Waals surface area contributed by atoms with Crippen molar-refractivity contribution in [2.24, 2.45) is 0 Å². The minimum absolute atomic E-state index is 0.0585. The summed E-state index contributed by atoms with van der Waals surface area (Å²) in [7, 11) is -6.38. The predicted octanol–water partition coefficient (Wildman–Crippen LogP) is 1.99. The Morgan fingerprint density at radius 1 is 1.04 bits per heavy atom. The Balaban J connectivity index is 2.12. The zero-order chi connectivity index (χ0) is 21.2. The number of rotatable bonds is 7. The van der Waals surface area contributed by atoms with Crippen molar-refractivity contribution < 1.29 is 30.0 Å². The van der Waals surface area contributed by atoms with Crippen LogP contribution in [0.1, 0.15) is 25.3 Å². The summed E-state index contributed by atoms with van der Waals surface area (Å²) in [6.45, 7) is 1.94. The number of unbranched alkanes of at least 4 members (excludes halogenated alkanes) is 1. The molecule has 2 rings (SSSR count). The SMILES string of the molecule is CCCCN(C)S(=O)(=O)N1CCN(S(=O)(=O)c2cccc(C(F)(F)F)c2)CC1. The highest BCUT2D eigenvalue weighted by atomic mass is 32.2. The fraction of sp³-hybridized carbons (Fsp3) is 0.625. The Kier molecular flexibility index (Phi) is 7.13. The summed E-state index contributed by atoms with van der Waals surface area (Å²) in [4.78, 5) is -0.460. The lowest BCUT2D eigenvalue weighted by Gasteiger charge is -2.35. The zero-order valence-corrected chi connectivity index (χ0v) is 17.3. The van der Waals surface area contributed by atoms with E-state index in [0.717, 1.165) is 28.9 Å². The highest BCUT2D eigenvalue weighted by Gasteiger charge is 2.36. The van der Waals surface area contributed by atoms with Crippen LogP contribution in [0.2, 0.25) is 0 Å². The maximum atomic E-state index is 12.9. The average Bonchev–Trinajstić information content (AvgIpc) is 2.65. The molecule has 0 aromatic heterocycles. The smallest absolute Gasteiger partial charge is 0.207 e. The first-order valence-electron chi connectivity index (χ1n) is 8.79. The van der Waals surface area contributed by atoms with Gasteiger partial charge >= 0.3 is 6.18 Å². The van der Waals surface area contributed by atoms with Crippen molar-refractivity contribution in [1.82, 2.24) is 12.9 Å². The second-order valence-corrected chi connectivity index (χ2v) is 10.5. The molecule has 1 fully saturated rings. The van der Waals surface area contributed by atoms with Crippen LogP contribution in [0, 0.1) is 0 Å². The van der Waals surface area contributed by atoms with Gasteiger partial charge < -0.3 is 0 Å². The van der Waals surface area contributed by atoms with E-state index in [-0.39, 0.29) is 26.2 Å². The number of hydrogen-bond donors (Lipinski definition) is 0. The van der Waals surface area contributed by atoms with Crippen LogP contribution in [-0.2, 0) is 26.4 Å².